The number of phosphoric acid groups is 1. The van der Waals surface area contributed by atoms with Gasteiger partial charge in [0.15, 0.2) is 0 Å². The third kappa shape index (κ3) is 39.5. The number of aliphatic hydroxyl groups is 2. The molecule has 1 amide bonds. The molecule has 0 aromatic rings. The van der Waals surface area contributed by atoms with Crippen LogP contribution < -0.4 is 11.1 Å². The Morgan fingerprint density at radius 1 is 0.625 bits per heavy atom. The fourth-order valence-electron chi connectivity index (χ4n) is 6.74. The molecule has 10 heteroatoms. The van der Waals surface area contributed by atoms with E-state index >= 15 is 0 Å². The summed E-state index contributed by atoms with van der Waals surface area (Å²) in [5.41, 5.74) is 5.37. The summed E-state index contributed by atoms with van der Waals surface area (Å²) in [6.07, 6.45) is 46.5. The number of nitrogens with one attached hydrogen (secondary N) is 1. The highest BCUT2D eigenvalue weighted by Gasteiger charge is 2.27. The summed E-state index contributed by atoms with van der Waals surface area (Å²) in [5, 5.41) is 24.1. The second-order valence-electron chi connectivity index (χ2n) is 15.8. The smallest absolute Gasteiger partial charge is 0.393 e. The molecule has 0 spiro atoms. The van der Waals surface area contributed by atoms with Crippen LogP contribution in [0.15, 0.2) is 36.5 Å². The largest absolute Gasteiger partial charge is 0.472 e. The van der Waals surface area contributed by atoms with Crippen molar-refractivity contribution in [1.29, 1.82) is 0 Å². The van der Waals surface area contributed by atoms with E-state index in [1.54, 1.807) is 6.08 Å². The maximum Gasteiger partial charge on any atom is 0.472 e. The Balaban J connectivity index is 4.30. The first-order chi connectivity index (χ1) is 27.3. The third-order valence-corrected chi connectivity index (χ3v) is 11.2. The van der Waals surface area contributed by atoms with E-state index in [2.05, 4.69) is 43.5 Å². The molecule has 0 aliphatic carbocycles. The molecule has 4 unspecified atom stereocenters. The Morgan fingerprint density at radius 2 is 1.05 bits per heavy atom. The Hall–Kier alpha value is -1.32. The summed E-state index contributed by atoms with van der Waals surface area (Å²) in [4.78, 5) is 22.8. The molecule has 6 N–H and O–H groups in total. The van der Waals surface area contributed by atoms with E-state index in [1.807, 2.05) is 6.08 Å². The van der Waals surface area contributed by atoms with E-state index < -0.39 is 38.6 Å². The van der Waals surface area contributed by atoms with Crippen LogP contribution in [0.3, 0.4) is 0 Å². The van der Waals surface area contributed by atoms with Crippen molar-refractivity contribution in [2.45, 2.75) is 231 Å². The lowest BCUT2D eigenvalue weighted by Crippen LogP contribution is -2.46. The van der Waals surface area contributed by atoms with Crippen molar-refractivity contribution in [3.63, 3.8) is 0 Å². The van der Waals surface area contributed by atoms with Gasteiger partial charge in [-0.25, -0.2) is 4.57 Å². The Morgan fingerprint density at radius 3 is 1.55 bits per heavy atom. The van der Waals surface area contributed by atoms with Gasteiger partial charge in [0.25, 0.3) is 0 Å². The molecule has 0 heterocycles. The summed E-state index contributed by atoms with van der Waals surface area (Å²) < 4.78 is 22.1. The van der Waals surface area contributed by atoms with Gasteiger partial charge in [-0.2, -0.15) is 0 Å². The number of rotatable bonds is 43. The van der Waals surface area contributed by atoms with Crippen molar-refractivity contribution in [3.8, 4) is 0 Å². The zero-order valence-electron chi connectivity index (χ0n) is 36.2. The number of carbonyl (C=O) groups is 1. The van der Waals surface area contributed by atoms with Crippen LogP contribution in [-0.2, 0) is 18.4 Å². The number of amides is 1. The van der Waals surface area contributed by atoms with Gasteiger partial charge in [-0.1, -0.05) is 192 Å². The highest BCUT2D eigenvalue weighted by Crippen LogP contribution is 2.43. The van der Waals surface area contributed by atoms with Crippen LogP contribution in [0.4, 0.5) is 0 Å². The molecule has 0 saturated carbocycles. The topological polar surface area (TPSA) is 151 Å². The molecule has 0 aliphatic heterocycles. The number of allylic oxidation sites excluding steroid dienone is 5. The van der Waals surface area contributed by atoms with Crippen molar-refractivity contribution in [2.24, 2.45) is 5.73 Å². The number of hydrogen-bond donors (Lipinski definition) is 5. The highest BCUT2D eigenvalue weighted by molar-refractivity contribution is 7.47. The van der Waals surface area contributed by atoms with Crippen LogP contribution in [0, 0.1) is 0 Å². The summed E-state index contributed by atoms with van der Waals surface area (Å²) >= 11 is 0. The predicted octanol–water partition coefficient (Wildman–Crippen LogP) is 12.1. The Bertz CT molecular complexity index is 993. The van der Waals surface area contributed by atoms with E-state index in [-0.39, 0.29) is 19.6 Å². The lowest BCUT2D eigenvalue weighted by atomic mass is 10.0. The molecule has 0 bridgehead atoms. The zero-order valence-corrected chi connectivity index (χ0v) is 37.1. The molecular weight excluding hydrogens is 723 g/mol. The van der Waals surface area contributed by atoms with Crippen LogP contribution in [0.5, 0.6) is 0 Å². The van der Waals surface area contributed by atoms with Gasteiger partial charge in [0.05, 0.1) is 37.9 Å². The number of unbranched alkanes of at least 4 members (excludes halogenated alkanes) is 25. The summed E-state index contributed by atoms with van der Waals surface area (Å²) in [6.45, 7) is 3.95. The number of aliphatic hydroxyl groups excluding tert-OH is 2. The van der Waals surface area contributed by atoms with Crippen molar-refractivity contribution in [1.82, 2.24) is 5.32 Å². The lowest BCUT2D eigenvalue weighted by Gasteiger charge is -2.24. The molecule has 0 fully saturated rings. The highest BCUT2D eigenvalue weighted by atomic mass is 31.2. The minimum absolute atomic E-state index is 0.0471. The van der Waals surface area contributed by atoms with Gasteiger partial charge in [0, 0.05) is 6.54 Å². The van der Waals surface area contributed by atoms with Crippen LogP contribution in [0.2, 0.25) is 0 Å². The van der Waals surface area contributed by atoms with Crippen LogP contribution in [0.1, 0.15) is 213 Å². The Labute approximate surface area is 344 Å². The molecule has 9 nitrogen and oxygen atoms in total. The second-order valence-corrected chi connectivity index (χ2v) is 17.3. The monoisotopic (exact) mass is 813 g/mol. The number of hydrogen-bond acceptors (Lipinski definition) is 7. The molecule has 0 radical (unpaired) electrons. The van der Waals surface area contributed by atoms with Gasteiger partial charge in [-0.15, -0.1) is 0 Å². The third-order valence-electron chi connectivity index (χ3n) is 10.3. The molecule has 0 aromatic heterocycles. The second kappa shape index (κ2) is 41.8. The zero-order chi connectivity index (χ0) is 41.2. The molecule has 0 aromatic carbocycles. The summed E-state index contributed by atoms with van der Waals surface area (Å²) in [6, 6.07) is -0.987. The Kier molecular flexibility index (Phi) is 40.8. The fourth-order valence-corrected chi connectivity index (χ4v) is 7.50. The first kappa shape index (κ1) is 54.7. The maximum absolute atomic E-state index is 12.8. The number of carbonyl (C=O) groups excluding carboxylic acids is 1. The van der Waals surface area contributed by atoms with E-state index in [0.717, 1.165) is 64.2 Å². The van der Waals surface area contributed by atoms with Gasteiger partial charge < -0.3 is 26.2 Å². The predicted molar refractivity (Wildman–Crippen MR) is 237 cm³/mol. The van der Waals surface area contributed by atoms with Crippen LogP contribution in [0.25, 0.3) is 0 Å². The van der Waals surface area contributed by atoms with Crippen molar-refractivity contribution in [2.75, 3.05) is 19.8 Å². The average Bonchev–Trinajstić information content (AvgIpc) is 3.17. The molecule has 0 rings (SSSR count). The van der Waals surface area contributed by atoms with Gasteiger partial charge >= 0.3 is 7.82 Å². The maximum atomic E-state index is 12.8. The standard InChI is InChI=1S/C46H89N2O7P/c1-3-5-7-9-11-13-15-17-19-20-21-22-24-26-28-30-32-34-36-38-45(50)44(42-55-56(52,53)54-40-39-47)48-46(51)41-43(49)37-35-33-31-29-27-25-23-18-16-14-12-10-8-6-4-2/h12,14,18,23,36,38,43-45,49-50H,3-11,13,15-17,19-22,24-35,37,39-42,47H2,1-2H3,(H,48,51)(H,52,53)/b14-12-,23-18-,38-36+. The number of phosphoric ester groups is 1. The first-order valence-electron chi connectivity index (χ1n) is 23.2. The molecule has 0 aliphatic rings. The number of nitrogens with two attached hydrogens (primary N) is 1. The van der Waals surface area contributed by atoms with Crippen molar-refractivity contribution in [3.05, 3.63) is 36.5 Å². The average molecular weight is 813 g/mol. The lowest BCUT2D eigenvalue weighted by molar-refractivity contribution is -0.124. The van der Waals surface area contributed by atoms with E-state index in [0.29, 0.717) is 6.42 Å². The van der Waals surface area contributed by atoms with E-state index in [4.69, 9.17) is 14.8 Å². The van der Waals surface area contributed by atoms with Crippen LogP contribution in [-0.4, -0.2) is 59.0 Å². The molecule has 56 heavy (non-hydrogen) atoms. The SMILES string of the molecule is CCCCC/C=C\C/C=C\CCCCCCCC(O)CC(=O)NC(COP(=O)(O)OCCN)C(O)/C=C/CCCCCCCCCCCCCCCCCCC. The van der Waals surface area contributed by atoms with E-state index in [9.17, 15) is 24.5 Å². The molecule has 4 atom stereocenters. The quantitative estimate of drug-likeness (QED) is 0.0232. The van der Waals surface area contributed by atoms with Gasteiger partial charge in [-0.05, 0) is 51.4 Å². The molecule has 0 saturated heterocycles. The molecule has 330 valence electrons. The van der Waals surface area contributed by atoms with Gasteiger partial charge in [-0.3, -0.25) is 13.8 Å². The van der Waals surface area contributed by atoms with E-state index in [1.165, 1.54) is 122 Å². The summed E-state index contributed by atoms with van der Waals surface area (Å²) in [5.74, 6) is -0.454. The first-order valence-corrected chi connectivity index (χ1v) is 24.7. The van der Waals surface area contributed by atoms with Gasteiger partial charge in [0.2, 0.25) is 5.91 Å². The summed E-state index contributed by atoms with van der Waals surface area (Å²) in [7, 11) is -4.40. The normalized spacial score (nSPS) is 14.9. The van der Waals surface area contributed by atoms with Crippen molar-refractivity contribution < 1.29 is 33.5 Å². The molecular formula is C46H89N2O7P. The fraction of sp³-hybridized carbons (Fsp3) is 0.848. The minimum atomic E-state index is -4.40. The minimum Gasteiger partial charge on any atom is -0.393 e. The van der Waals surface area contributed by atoms with Gasteiger partial charge in [0.1, 0.15) is 0 Å². The van der Waals surface area contributed by atoms with Crippen molar-refractivity contribution >= 4 is 13.7 Å². The van der Waals surface area contributed by atoms with Crippen LogP contribution >= 0.6 is 7.82 Å².